The van der Waals surface area contributed by atoms with Gasteiger partial charge in [0.05, 0.1) is 0 Å². The van der Waals surface area contributed by atoms with Gasteiger partial charge in [-0.3, -0.25) is 0 Å². The maximum Gasteiger partial charge on any atom is 0.0212 e. The molecule has 0 nitrogen and oxygen atoms in total. The van der Waals surface area contributed by atoms with Crippen molar-refractivity contribution in [3.63, 3.8) is 0 Å². The summed E-state index contributed by atoms with van der Waals surface area (Å²) in [4.78, 5) is 0. The highest BCUT2D eigenvalue weighted by atomic mass is 14.5. The average Bonchev–Trinajstić information content (AvgIpc) is 4.00. The molecule has 0 aromatic heterocycles. The quantitative estimate of drug-likeness (QED) is 0.156. The lowest BCUT2D eigenvalue weighted by atomic mass is 9.62. The number of rotatable bonds is 6. The maximum absolute atomic E-state index is 5.06. The van der Waals surface area contributed by atoms with Crippen LogP contribution in [-0.4, -0.2) is 0 Å². The van der Waals surface area contributed by atoms with Gasteiger partial charge in [-0.1, -0.05) is 192 Å². The van der Waals surface area contributed by atoms with Crippen molar-refractivity contribution in [2.75, 3.05) is 0 Å². The third kappa shape index (κ3) is 5.30. The summed E-state index contributed by atoms with van der Waals surface area (Å²) < 4.78 is 0. The molecule has 0 amide bonds. The largest absolute Gasteiger partial charge is 0.0946 e. The van der Waals surface area contributed by atoms with Crippen LogP contribution in [0, 0.1) is 41.4 Å². The Bertz CT molecular complexity index is 3780. The lowest BCUT2D eigenvalue weighted by Crippen LogP contribution is -2.41. The van der Waals surface area contributed by atoms with Gasteiger partial charge in [0.2, 0.25) is 0 Å². The summed E-state index contributed by atoms with van der Waals surface area (Å²) in [5.41, 5.74) is 31.7. The Morgan fingerprint density at radius 3 is 1.80 bits per heavy atom. The van der Waals surface area contributed by atoms with Crippen LogP contribution in [0.1, 0.15) is 86.8 Å². The fraction of sp³-hybridized carbons (Fsp3) is 0.217. The second-order valence-corrected chi connectivity index (χ2v) is 22.0. The molecular formula is C69H56. The molecule has 5 unspecified atom stereocenters. The summed E-state index contributed by atoms with van der Waals surface area (Å²) in [6.45, 7) is 14.7. The van der Waals surface area contributed by atoms with Gasteiger partial charge >= 0.3 is 0 Å². The van der Waals surface area contributed by atoms with E-state index in [4.69, 9.17) is 6.58 Å². The maximum atomic E-state index is 5.06. The Labute approximate surface area is 406 Å². The summed E-state index contributed by atoms with van der Waals surface area (Å²) >= 11 is 0. The van der Waals surface area contributed by atoms with Crippen LogP contribution < -0.4 is 10.4 Å². The van der Waals surface area contributed by atoms with Gasteiger partial charge in [0, 0.05) is 17.8 Å². The van der Waals surface area contributed by atoms with Crippen LogP contribution in [0.2, 0.25) is 0 Å². The Morgan fingerprint density at radius 2 is 1.10 bits per heavy atom. The van der Waals surface area contributed by atoms with Crippen molar-refractivity contribution in [1.82, 2.24) is 0 Å². The molecule has 0 heterocycles. The molecule has 15 rings (SSSR count). The third-order valence-electron chi connectivity index (χ3n) is 18.2. The molecule has 0 N–H and O–H groups in total. The summed E-state index contributed by atoms with van der Waals surface area (Å²) in [5, 5.41) is 5.70. The monoisotopic (exact) mass is 884 g/mol. The van der Waals surface area contributed by atoms with Crippen LogP contribution in [0.4, 0.5) is 0 Å². The summed E-state index contributed by atoms with van der Waals surface area (Å²) in [7, 11) is 0. The SMILES string of the molecule is C=C1c2cc3c(-c4ccccc4)c4c(c(-c5ccccc5)c3cc2C2=CC=CC(CC3=C(C(C)C)C=CCC3C(C)C)C12)C1=CC=C2c3ccc5c6c3=C(CCC=6c3ccccc3-5)C3=CC=C4C1C32. The fourth-order valence-electron chi connectivity index (χ4n) is 15.4. The molecule has 0 bridgehead atoms. The first kappa shape index (κ1) is 39.9. The lowest BCUT2D eigenvalue weighted by Gasteiger charge is -2.41. The van der Waals surface area contributed by atoms with Gasteiger partial charge in [0.1, 0.15) is 0 Å². The van der Waals surface area contributed by atoms with Crippen molar-refractivity contribution in [2.45, 2.75) is 53.4 Å². The highest BCUT2D eigenvalue weighted by molar-refractivity contribution is 6.21. The predicted octanol–water partition coefficient (Wildman–Crippen LogP) is 16.1. The first-order chi connectivity index (χ1) is 33.9. The topological polar surface area (TPSA) is 0 Å². The van der Waals surface area contributed by atoms with E-state index in [1.54, 1.807) is 27.9 Å². The molecule has 0 heteroatoms. The van der Waals surface area contributed by atoms with E-state index in [0.717, 1.165) is 25.7 Å². The Morgan fingerprint density at radius 1 is 0.522 bits per heavy atom. The van der Waals surface area contributed by atoms with Crippen molar-refractivity contribution in [1.29, 1.82) is 0 Å². The summed E-state index contributed by atoms with van der Waals surface area (Å²) in [6, 6.07) is 42.0. The molecule has 0 saturated heterocycles. The van der Waals surface area contributed by atoms with E-state index >= 15 is 0 Å². The molecule has 9 aliphatic carbocycles. The Balaban J connectivity index is 0.969. The van der Waals surface area contributed by atoms with E-state index in [-0.39, 0.29) is 17.8 Å². The smallest absolute Gasteiger partial charge is 0.0212 e. The first-order valence-corrected chi connectivity index (χ1v) is 26.0. The molecule has 6 aromatic rings. The minimum atomic E-state index is 0.241. The molecule has 0 radical (unpaired) electrons. The van der Waals surface area contributed by atoms with Gasteiger partial charge in [0.15, 0.2) is 0 Å². The van der Waals surface area contributed by atoms with Crippen LogP contribution in [-0.2, 0) is 0 Å². The van der Waals surface area contributed by atoms with Gasteiger partial charge in [-0.05, 0) is 200 Å². The number of allylic oxidation sites excluding steroid dienone is 17. The Hall–Kier alpha value is -7.02. The van der Waals surface area contributed by atoms with E-state index in [9.17, 15) is 0 Å². The van der Waals surface area contributed by atoms with E-state index in [1.807, 2.05) is 0 Å². The van der Waals surface area contributed by atoms with Crippen molar-refractivity contribution >= 4 is 49.8 Å². The van der Waals surface area contributed by atoms with Crippen molar-refractivity contribution in [3.05, 3.63) is 231 Å². The zero-order valence-electron chi connectivity index (χ0n) is 40.2. The third-order valence-corrected chi connectivity index (χ3v) is 18.2. The van der Waals surface area contributed by atoms with Crippen molar-refractivity contribution in [2.24, 2.45) is 41.4 Å². The molecule has 0 aliphatic heterocycles. The molecule has 6 aromatic carbocycles. The first-order valence-electron chi connectivity index (χ1n) is 26.0. The number of benzene rings is 6. The second-order valence-electron chi connectivity index (χ2n) is 22.0. The molecular weight excluding hydrogens is 829 g/mol. The Kier molecular flexibility index (Phi) is 8.39. The minimum Gasteiger partial charge on any atom is -0.0946 e. The summed E-state index contributed by atoms with van der Waals surface area (Å²) in [5.74, 6) is 2.83. The van der Waals surface area contributed by atoms with E-state index in [2.05, 4.69) is 192 Å². The van der Waals surface area contributed by atoms with Crippen LogP contribution in [0.3, 0.4) is 0 Å². The van der Waals surface area contributed by atoms with Gasteiger partial charge in [0.25, 0.3) is 0 Å². The van der Waals surface area contributed by atoms with Gasteiger partial charge < -0.3 is 0 Å². The van der Waals surface area contributed by atoms with Gasteiger partial charge in [-0.25, -0.2) is 0 Å². The van der Waals surface area contributed by atoms with Crippen LogP contribution in [0.5, 0.6) is 0 Å². The standard InChI is InChI=1S/C69H56/c1-37(2)43-23-15-24-44(38(3)4)57(43)34-42-20-14-25-47-58-36-60-59(35-56(58)39(5)61(42)47)62(40-16-8-6-9-17-40)68-54-32-30-52-50-28-26-48-45-21-12-13-22-46(45)49-27-29-51(65(50)64(48)49)53-31-33-55(67(54)66(52)53)69(68)63(60)41-18-10-7-11-19-41/h6-23,25,27,29-33,35-38,42,44,61,66-67H,5,24,26,28,34H2,1-4H3. The molecule has 0 saturated carbocycles. The molecule has 5 atom stereocenters. The van der Waals surface area contributed by atoms with E-state index < -0.39 is 0 Å². The normalized spacial score (nSPS) is 23.6. The van der Waals surface area contributed by atoms with E-state index in [1.165, 1.54) is 116 Å². The minimum absolute atomic E-state index is 0.241. The predicted molar refractivity (Wildman–Crippen MR) is 292 cm³/mol. The van der Waals surface area contributed by atoms with Gasteiger partial charge in [-0.2, -0.15) is 0 Å². The number of fused-ring (bicyclic) bond motifs is 12. The van der Waals surface area contributed by atoms with Crippen molar-refractivity contribution < 1.29 is 0 Å². The highest BCUT2D eigenvalue weighted by Gasteiger charge is 2.49. The fourth-order valence-corrected chi connectivity index (χ4v) is 15.4. The zero-order valence-corrected chi connectivity index (χ0v) is 40.2. The molecule has 332 valence electrons. The van der Waals surface area contributed by atoms with E-state index in [0.29, 0.717) is 23.7 Å². The van der Waals surface area contributed by atoms with Crippen molar-refractivity contribution in [3.8, 4) is 33.4 Å². The van der Waals surface area contributed by atoms with Crippen LogP contribution >= 0.6 is 0 Å². The summed E-state index contributed by atoms with van der Waals surface area (Å²) in [6.07, 6.45) is 26.8. The average molecular weight is 885 g/mol. The molecule has 9 aliphatic rings. The lowest BCUT2D eigenvalue weighted by molar-refractivity contribution is 0.403. The highest BCUT2D eigenvalue weighted by Crippen LogP contribution is 2.65. The zero-order chi connectivity index (χ0) is 46.0. The molecule has 69 heavy (non-hydrogen) atoms. The number of hydrogen-bond donors (Lipinski definition) is 0. The van der Waals surface area contributed by atoms with Gasteiger partial charge in [-0.15, -0.1) is 0 Å². The molecule has 0 spiro atoms. The number of hydrogen-bond acceptors (Lipinski definition) is 0. The van der Waals surface area contributed by atoms with Crippen LogP contribution in [0.15, 0.2) is 187 Å². The second kappa shape index (κ2) is 14.5. The molecule has 0 fully saturated rings. The van der Waals surface area contributed by atoms with Crippen LogP contribution in [0.25, 0.3) is 83.2 Å².